The first kappa shape index (κ1) is 17.6. The van der Waals surface area contributed by atoms with E-state index in [0.29, 0.717) is 12.2 Å². The summed E-state index contributed by atoms with van der Waals surface area (Å²) >= 11 is 0. The molecule has 4 nitrogen and oxygen atoms in total. The van der Waals surface area contributed by atoms with E-state index in [4.69, 9.17) is 0 Å². The summed E-state index contributed by atoms with van der Waals surface area (Å²) in [5.41, 5.74) is 6.11. The average molecular weight is 381 g/mol. The number of aromatic nitrogens is 1. The second kappa shape index (κ2) is 7.13. The van der Waals surface area contributed by atoms with Crippen LogP contribution in [0, 0.1) is 0 Å². The number of benzene rings is 2. The van der Waals surface area contributed by atoms with Gasteiger partial charge < -0.3 is 14.8 Å². The maximum atomic E-state index is 13.2. The summed E-state index contributed by atoms with van der Waals surface area (Å²) in [6.07, 6.45) is 8.40. The molecule has 1 aliphatic carbocycles. The normalized spacial score (nSPS) is 17.1. The maximum absolute atomic E-state index is 13.2. The topological polar surface area (TPSA) is 37.3 Å². The quantitative estimate of drug-likeness (QED) is 0.711. The van der Waals surface area contributed by atoms with Gasteiger partial charge in [0.15, 0.2) is 0 Å². The van der Waals surface area contributed by atoms with E-state index in [-0.39, 0.29) is 11.8 Å². The Kier molecular flexibility index (Phi) is 4.32. The lowest BCUT2D eigenvalue weighted by Crippen LogP contribution is -2.33. The van der Waals surface area contributed by atoms with E-state index in [0.717, 1.165) is 28.9 Å². The Bertz CT molecular complexity index is 1110. The predicted octanol–water partition coefficient (Wildman–Crippen LogP) is 4.42. The fraction of sp³-hybridized carbons (Fsp3) is 0.160. The number of Topliss-reactive ketones (excluding diaryl/α,β-unsaturated/α-hetero) is 1. The fourth-order valence-corrected chi connectivity index (χ4v) is 4.25. The number of nitrogens with zero attached hydrogens (tertiary/aromatic N) is 2. The lowest BCUT2D eigenvalue weighted by Gasteiger charge is -2.35. The Labute approximate surface area is 170 Å². The van der Waals surface area contributed by atoms with Crippen LogP contribution in [0.25, 0.3) is 6.08 Å². The van der Waals surface area contributed by atoms with Crippen molar-refractivity contribution in [3.63, 3.8) is 0 Å². The van der Waals surface area contributed by atoms with Crippen molar-refractivity contribution in [2.75, 3.05) is 0 Å². The third-order valence-corrected chi connectivity index (χ3v) is 5.67. The summed E-state index contributed by atoms with van der Waals surface area (Å²) in [5, 5.41) is 3.39. The highest BCUT2D eigenvalue weighted by atomic mass is 16.1. The van der Waals surface area contributed by atoms with Gasteiger partial charge in [-0.05, 0) is 28.8 Å². The average Bonchev–Trinajstić information content (AvgIpc) is 3.09. The minimum Gasteiger partial charge on any atom is -0.378 e. The highest BCUT2D eigenvalue weighted by Crippen LogP contribution is 2.40. The highest BCUT2D eigenvalue weighted by Gasteiger charge is 2.35. The van der Waals surface area contributed by atoms with Crippen LogP contribution in [-0.4, -0.2) is 15.3 Å². The Morgan fingerprint density at radius 1 is 0.966 bits per heavy atom. The third kappa shape index (κ3) is 3.17. The summed E-state index contributed by atoms with van der Waals surface area (Å²) in [7, 11) is 1.96. The molecule has 1 atom stereocenters. The van der Waals surface area contributed by atoms with Crippen LogP contribution in [0.5, 0.6) is 0 Å². The van der Waals surface area contributed by atoms with Gasteiger partial charge in [0.25, 0.3) is 0 Å². The zero-order valence-corrected chi connectivity index (χ0v) is 16.4. The summed E-state index contributed by atoms with van der Waals surface area (Å²) < 4.78 is 1.97. The van der Waals surface area contributed by atoms with Gasteiger partial charge in [0.1, 0.15) is 0 Å². The Morgan fingerprint density at radius 3 is 2.38 bits per heavy atom. The SMILES string of the molecule is Cn1cc2c3c1C(=O)C(NCc1ccccc1)=CC3N(Cc1ccccc1)C=C2. The first-order chi connectivity index (χ1) is 14.2. The molecule has 3 aromatic rings. The van der Waals surface area contributed by atoms with Gasteiger partial charge >= 0.3 is 0 Å². The number of ketones is 1. The molecule has 1 N–H and O–H groups in total. The molecule has 2 heterocycles. The maximum Gasteiger partial charge on any atom is 0.225 e. The monoisotopic (exact) mass is 381 g/mol. The van der Waals surface area contributed by atoms with Crippen molar-refractivity contribution < 1.29 is 4.79 Å². The fourth-order valence-electron chi connectivity index (χ4n) is 4.25. The van der Waals surface area contributed by atoms with E-state index in [1.54, 1.807) is 0 Å². The van der Waals surface area contributed by atoms with Crippen molar-refractivity contribution in [1.82, 2.24) is 14.8 Å². The number of allylic oxidation sites excluding steroid dienone is 1. The van der Waals surface area contributed by atoms with E-state index < -0.39 is 0 Å². The van der Waals surface area contributed by atoms with E-state index in [1.807, 2.05) is 35.9 Å². The van der Waals surface area contributed by atoms with Crippen molar-refractivity contribution in [1.29, 1.82) is 0 Å². The van der Waals surface area contributed by atoms with Gasteiger partial charge in [-0.15, -0.1) is 0 Å². The van der Waals surface area contributed by atoms with Crippen molar-refractivity contribution in [3.05, 3.63) is 113 Å². The molecule has 1 aliphatic heterocycles. The molecule has 0 amide bonds. The highest BCUT2D eigenvalue weighted by molar-refractivity contribution is 6.10. The van der Waals surface area contributed by atoms with Crippen LogP contribution < -0.4 is 5.32 Å². The molecule has 1 aromatic heterocycles. The Morgan fingerprint density at radius 2 is 1.66 bits per heavy atom. The molecule has 5 rings (SSSR count). The first-order valence-electron chi connectivity index (χ1n) is 9.92. The molecule has 2 aromatic carbocycles. The molecule has 2 aliphatic rings. The van der Waals surface area contributed by atoms with E-state index in [2.05, 4.69) is 71.2 Å². The second-order valence-electron chi connectivity index (χ2n) is 7.62. The molecule has 29 heavy (non-hydrogen) atoms. The van der Waals surface area contributed by atoms with Crippen molar-refractivity contribution >= 4 is 11.9 Å². The predicted molar refractivity (Wildman–Crippen MR) is 115 cm³/mol. The summed E-state index contributed by atoms with van der Waals surface area (Å²) in [5.74, 6) is 0.0656. The van der Waals surface area contributed by atoms with Crippen LogP contribution in [0.4, 0.5) is 0 Å². The van der Waals surface area contributed by atoms with Gasteiger partial charge in [-0.1, -0.05) is 60.7 Å². The minimum atomic E-state index is 0.0439. The van der Waals surface area contributed by atoms with E-state index in [9.17, 15) is 4.79 Å². The molecule has 0 saturated carbocycles. The van der Waals surface area contributed by atoms with Gasteiger partial charge in [-0.2, -0.15) is 0 Å². The molecule has 0 spiro atoms. The van der Waals surface area contributed by atoms with Gasteiger partial charge in [0.2, 0.25) is 5.78 Å². The largest absolute Gasteiger partial charge is 0.378 e. The number of nitrogens with one attached hydrogen (secondary N) is 1. The lowest BCUT2D eigenvalue weighted by molar-refractivity contribution is 0.101. The summed E-state index contributed by atoms with van der Waals surface area (Å²) in [6, 6.07) is 20.7. The standard InChI is InChI=1S/C25H23N3O/c1-27-17-20-12-13-28(16-19-10-6-3-7-11-19)22-14-21(25(29)24(27)23(20)22)26-15-18-8-4-2-5-9-18/h2-14,17,22,26H,15-16H2,1H3. The smallest absolute Gasteiger partial charge is 0.225 e. The Balaban J connectivity index is 1.48. The number of hydrogen-bond donors (Lipinski definition) is 1. The molecular weight excluding hydrogens is 358 g/mol. The van der Waals surface area contributed by atoms with Crippen LogP contribution in [0.2, 0.25) is 0 Å². The van der Waals surface area contributed by atoms with E-state index >= 15 is 0 Å². The number of carbonyl (C=O) groups excluding carboxylic acids is 1. The summed E-state index contributed by atoms with van der Waals surface area (Å²) in [6.45, 7) is 1.43. The molecule has 0 saturated heterocycles. The molecular formula is C25H23N3O. The number of hydrogen-bond acceptors (Lipinski definition) is 3. The van der Waals surface area contributed by atoms with Gasteiger partial charge in [0.05, 0.1) is 17.4 Å². The molecule has 1 unspecified atom stereocenters. The molecule has 0 bridgehead atoms. The zero-order valence-electron chi connectivity index (χ0n) is 16.4. The van der Waals surface area contributed by atoms with Gasteiger partial charge in [-0.25, -0.2) is 0 Å². The van der Waals surface area contributed by atoms with Crippen LogP contribution in [0.15, 0.2) is 84.8 Å². The zero-order chi connectivity index (χ0) is 19.8. The molecule has 144 valence electrons. The number of carbonyl (C=O) groups is 1. The van der Waals surface area contributed by atoms with Gasteiger partial charge in [-0.3, -0.25) is 4.79 Å². The van der Waals surface area contributed by atoms with Crippen molar-refractivity contribution in [3.8, 4) is 0 Å². The van der Waals surface area contributed by atoms with Crippen LogP contribution in [-0.2, 0) is 20.1 Å². The van der Waals surface area contributed by atoms with Crippen LogP contribution >= 0.6 is 0 Å². The Hall–Kier alpha value is -3.53. The summed E-state index contributed by atoms with van der Waals surface area (Å²) in [4.78, 5) is 15.5. The van der Waals surface area contributed by atoms with Gasteiger partial charge in [0, 0.05) is 38.1 Å². The molecule has 0 fully saturated rings. The lowest BCUT2D eigenvalue weighted by atomic mass is 9.89. The van der Waals surface area contributed by atoms with Crippen LogP contribution in [0.1, 0.15) is 38.8 Å². The molecule has 4 heteroatoms. The first-order valence-corrected chi connectivity index (χ1v) is 9.92. The minimum absolute atomic E-state index is 0.0439. The third-order valence-electron chi connectivity index (χ3n) is 5.67. The second-order valence-corrected chi connectivity index (χ2v) is 7.62. The number of rotatable bonds is 5. The molecule has 0 radical (unpaired) electrons. The number of aryl methyl sites for hydroxylation is 1. The van der Waals surface area contributed by atoms with E-state index in [1.165, 1.54) is 5.56 Å². The van der Waals surface area contributed by atoms with Crippen LogP contribution in [0.3, 0.4) is 0 Å². The van der Waals surface area contributed by atoms with Crippen molar-refractivity contribution in [2.24, 2.45) is 7.05 Å². The van der Waals surface area contributed by atoms with Crippen molar-refractivity contribution in [2.45, 2.75) is 19.1 Å².